The van der Waals surface area contributed by atoms with E-state index in [1.807, 2.05) is 88.4 Å². The average Bonchev–Trinajstić information content (AvgIpc) is 3.06. The molecule has 14 nitrogen and oxygen atoms in total. The van der Waals surface area contributed by atoms with Crippen molar-refractivity contribution in [1.82, 2.24) is 26.6 Å². The van der Waals surface area contributed by atoms with E-state index >= 15 is 0 Å². The largest absolute Gasteiger partial charge is 0.445 e. The predicted molar refractivity (Wildman–Crippen MR) is 192 cm³/mol. The number of guanidine groups is 1. The number of nitrogens with two attached hydrogens (primary N) is 2. The Balaban J connectivity index is 2.12. The molecule has 0 aliphatic carbocycles. The summed E-state index contributed by atoms with van der Waals surface area (Å²) in [4.78, 5) is 69.0. The number of nitrogens with one attached hydrogen (secondary N) is 5. The number of benzene rings is 2. The number of amides is 5. The highest BCUT2D eigenvalue weighted by Crippen LogP contribution is 2.10. The second-order valence-electron chi connectivity index (χ2n) is 12.9. The van der Waals surface area contributed by atoms with Gasteiger partial charge in [0.25, 0.3) is 0 Å². The van der Waals surface area contributed by atoms with Crippen molar-refractivity contribution in [2.75, 3.05) is 13.1 Å². The Morgan fingerprint density at radius 3 is 1.90 bits per heavy atom. The number of carbonyl (C=O) groups is 5. The summed E-state index contributed by atoms with van der Waals surface area (Å²) in [5.74, 6) is -1.88. The summed E-state index contributed by atoms with van der Waals surface area (Å²) >= 11 is 0. The van der Waals surface area contributed by atoms with Gasteiger partial charge in [0.1, 0.15) is 24.7 Å². The van der Waals surface area contributed by atoms with Gasteiger partial charge in [0.2, 0.25) is 23.6 Å². The van der Waals surface area contributed by atoms with E-state index in [1.54, 1.807) is 0 Å². The molecule has 0 aliphatic rings. The van der Waals surface area contributed by atoms with Gasteiger partial charge in [0.05, 0.1) is 0 Å². The molecule has 0 spiro atoms. The fourth-order valence-electron chi connectivity index (χ4n) is 5.03. The van der Waals surface area contributed by atoms with Gasteiger partial charge in [-0.2, -0.15) is 0 Å². The third-order valence-electron chi connectivity index (χ3n) is 7.71. The van der Waals surface area contributed by atoms with Gasteiger partial charge in [0.15, 0.2) is 5.96 Å². The van der Waals surface area contributed by atoms with Crippen LogP contribution < -0.4 is 38.1 Å². The van der Waals surface area contributed by atoms with Crippen LogP contribution in [-0.2, 0) is 36.9 Å². The molecular formula is C36H54N8O6. The maximum atomic E-state index is 13.7. The van der Waals surface area contributed by atoms with Gasteiger partial charge in [0, 0.05) is 32.5 Å². The molecule has 4 atom stereocenters. The Kier molecular flexibility index (Phi) is 17.9. The number of hydrogen-bond donors (Lipinski definition) is 7. The average molecular weight is 695 g/mol. The van der Waals surface area contributed by atoms with Gasteiger partial charge in [-0.25, -0.2) is 4.79 Å². The van der Waals surface area contributed by atoms with Crippen LogP contribution in [-0.4, -0.2) is 72.9 Å². The van der Waals surface area contributed by atoms with E-state index in [2.05, 4.69) is 31.6 Å². The highest BCUT2D eigenvalue weighted by molar-refractivity contribution is 5.91. The van der Waals surface area contributed by atoms with Crippen LogP contribution in [0.2, 0.25) is 0 Å². The predicted octanol–water partition coefficient (Wildman–Crippen LogP) is 1.87. The summed E-state index contributed by atoms with van der Waals surface area (Å²) in [7, 11) is 0. The lowest BCUT2D eigenvalue weighted by molar-refractivity contribution is -0.131. The normalized spacial score (nSPS) is 13.3. The van der Waals surface area contributed by atoms with Crippen molar-refractivity contribution in [2.24, 2.45) is 28.3 Å². The number of aliphatic imine (C=N–C) groups is 1. The number of ether oxygens (including phenoxy) is 1. The van der Waals surface area contributed by atoms with Gasteiger partial charge in [-0.1, -0.05) is 88.4 Å². The summed E-state index contributed by atoms with van der Waals surface area (Å²) in [5.41, 5.74) is 12.5. The Labute approximate surface area is 294 Å². The zero-order valence-corrected chi connectivity index (χ0v) is 29.7. The first-order valence-electron chi connectivity index (χ1n) is 17.0. The van der Waals surface area contributed by atoms with Gasteiger partial charge in [-0.05, 0) is 42.2 Å². The molecule has 2 aromatic rings. The summed E-state index contributed by atoms with van der Waals surface area (Å²) in [6, 6.07) is 15.2. The first-order chi connectivity index (χ1) is 23.7. The highest BCUT2D eigenvalue weighted by Gasteiger charge is 2.30. The second-order valence-corrected chi connectivity index (χ2v) is 12.9. The first-order valence-corrected chi connectivity index (χ1v) is 17.0. The molecule has 2 aromatic carbocycles. The van der Waals surface area contributed by atoms with Gasteiger partial charge >= 0.3 is 6.09 Å². The van der Waals surface area contributed by atoms with Gasteiger partial charge < -0.3 is 42.8 Å². The molecule has 0 radical (unpaired) electrons. The number of alkyl carbamates (subject to hydrolysis) is 1. The van der Waals surface area contributed by atoms with Crippen molar-refractivity contribution >= 4 is 35.7 Å². The third kappa shape index (κ3) is 16.3. The minimum absolute atomic E-state index is 0.0122. The number of hydrogen-bond acceptors (Lipinski definition) is 7. The highest BCUT2D eigenvalue weighted by atomic mass is 16.5. The molecule has 0 aliphatic heterocycles. The zero-order chi connectivity index (χ0) is 37.1. The van der Waals surface area contributed by atoms with Crippen LogP contribution in [0.1, 0.15) is 65.0 Å². The smallest absolute Gasteiger partial charge is 0.408 e. The van der Waals surface area contributed by atoms with E-state index in [4.69, 9.17) is 16.2 Å². The van der Waals surface area contributed by atoms with Crippen LogP contribution in [0.5, 0.6) is 0 Å². The zero-order valence-electron chi connectivity index (χ0n) is 29.7. The molecule has 274 valence electrons. The molecule has 0 aromatic heterocycles. The topological polar surface area (TPSA) is 219 Å². The molecule has 0 bridgehead atoms. The summed E-state index contributed by atoms with van der Waals surface area (Å²) in [6.45, 7) is 9.35. The van der Waals surface area contributed by atoms with E-state index in [9.17, 15) is 24.0 Å². The molecule has 2 rings (SSSR count). The molecule has 0 saturated carbocycles. The van der Waals surface area contributed by atoms with Crippen LogP contribution in [0, 0.1) is 11.8 Å². The SMILES string of the molecule is CC(=O)NC(Cc1ccccc1)C(=O)NCC(NC(=O)C(CC(C)C)NC(=O)C(CCCN=C(N)N)NC(=O)OCc1ccccc1)C(C)C. The Morgan fingerprint density at radius 1 is 0.740 bits per heavy atom. The molecule has 0 fully saturated rings. The quantitative estimate of drug-likeness (QED) is 0.0615. The molecule has 14 heteroatoms. The van der Waals surface area contributed by atoms with Crippen LogP contribution in [0.3, 0.4) is 0 Å². The van der Waals surface area contributed by atoms with Crippen LogP contribution >= 0.6 is 0 Å². The Hall–Kier alpha value is -5.14. The third-order valence-corrected chi connectivity index (χ3v) is 7.71. The van der Waals surface area contributed by atoms with E-state index in [-0.39, 0.29) is 55.7 Å². The number of carbonyl (C=O) groups excluding carboxylic acids is 5. The molecule has 9 N–H and O–H groups in total. The van der Waals surface area contributed by atoms with E-state index in [0.29, 0.717) is 19.3 Å². The molecule has 4 unspecified atom stereocenters. The van der Waals surface area contributed by atoms with Gasteiger partial charge in [-0.3, -0.25) is 24.2 Å². The lowest BCUT2D eigenvalue weighted by Gasteiger charge is -2.28. The summed E-state index contributed by atoms with van der Waals surface area (Å²) in [5, 5.41) is 14.0. The monoisotopic (exact) mass is 694 g/mol. The van der Waals surface area contributed by atoms with Crippen LogP contribution in [0.25, 0.3) is 0 Å². The van der Waals surface area contributed by atoms with Crippen molar-refractivity contribution in [3.8, 4) is 0 Å². The minimum Gasteiger partial charge on any atom is -0.445 e. The first kappa shape index (κ1) is 41.0. The molecule has 50 heavy (non-hydrogen) atoms. The number of rotatable bonds is 20. The van der Waals surface area contributed by atoms with Crippen molar-refractivity contribution in [1.29, 1.82) is 0 Å². The van der Waals surface area contributed by atoms with E-state index < -0.39 is 42.1 Å². The standard InChI is InChI=1S/C36H54N8O6/c1-23(2)19-29(42-33(47)28(17-12-18-39-35(37)38)44-36(49)50-22-27-15-10-7-11-16-27)34(48)43-31(24(3)4)21-40-32(46)30(41-25(5)45)20-26-13-8-6-9-14-26/h6-11,13-16,23-24,28-31H,12,17-22H2,1-5H3,(H,40,46)(H,41,45)(H,42,47)(H,43,48)(H,44,49)(H4,37,38,39). The van der Waals surface area contributed by atoms with E-state index in [0.717, 1.165) is 11.1 Å². The lowest BCUT2D eigenvalue weighted by Crippen LogP contribution is -2.57. The number of nitrogens with zero attached hydrogens (tertiary/aromatic N) is 1. The van der Waals surface area contributed by atoms with Crippen LogP contribution in [0.4, 0.5) is 4.79 Å². The molecule has 0 saturated heterocycles. The van der Waals surface area contributed by atoms with Crippen molar-refractivity contribution in [3.63, 3.8) is 0 Å². The van der Waals surface area contributed by atoms with Crippen molar-refractivity contribution in [2.45, 2.75) is 91.1 Å². The molecule has 0 heterocycles. The van der Waals surface area contributed by atoms with Crippen LogP contribution in [0.15, 0.2) is 65.7 Å². The Bertz CT molecular complexity index is 1400. The fourth-order valence-corrected chi connectivity index (χ4v) is 5.03. The Morgan fingerprint density at radius 2 is 1.34 bits per heavy atom. The van der Waals surface area contributed by atoms with E-state index in [1.165, 1.54) is 6.92 Å². The van der Waals surface area contributed by atoms with Gasteiger partial charge in [-0.15, -0.1) is 0 Å². The van der Waals surface area contributed by atoms with Crippen molar-refractivity contribution in [3.05, 3.63) is 71.8 Å². The summed E-state index contributed by atoms with van der Waals surface area (Å²) in [6.07, 6.45) is 0.373. The maximum Gasteiger partial charge on any atom is 0.408 e. The summed E-state index contributed by atoms with van der Waals surface area (Å²) < 4.78 is 5.33. The van der Waals surface area contributed by atoms with Crippen molar-refractivity contribution < 1.29 is 28.7 Å². The maximum absolute atomic E-state index is 13.7. The lowest BCUT2D eigenvalue weighted by atomic mass is 9.99. The fraction of sp³-hybridized carbons (Fsp3) is 0.500. The molecule has 5 amide bonds. The second kappa shape index (κ2) is 21.8. The minimum atomic E-state index is -1.04. The molecular weight excluding hydrogens is 640 g/mol.